The summed E-state index contributed by atoms with van der Waals surface area (Å²) < 4.78 is 55.9. The topological polar surface area (TPSA) is 37.4 Å². The molecule has 0 N–H and O–H groups in total. The van der Waals surface area contributed by atoms with Crippen LogP contribution in [-0.2, 0) is 16.6 Å². The van der Waals surface area contributed by atoms with E-state index < -0.39 is 27.7 Å². The molecule has 1 aliphatic rings. The average molecular weight is 589 g/mol. The lowest BCUT2D eigenvalue weighted by Crippen LogP contribution is -2.72. The minimum absolute atomic E-state index is 0.0213. The van der Waals surface area contributed by atoms with Crippen LogP contribution in [0.25, 0.3) is 0 Å². The highest BCUT2D eigenvalue weighted by atomic mass is 35.5. The Morgan fingerprint density at radius 1 is 0.821 bits per heavy atom. The minimum Gasteiger partial charge on any atom is -0.306 e. The fourth-order valence-electron chi connectivity index (χ4n) is 5.77. The molecule has 0 amide bonds. The summed E-state index contributed by atoms with van der Waals surface area (Å²) in [6, 6.07) is 27.5. The van der Waals surface area contributed by atoms with E-state index in [-0.39, 0.29) is 11.7 Å². The van der Waals surface area contributed by atoms with E-state index in [4.69, 9.17) is 23.2 Å². The summed E-state index contributed by atoms with van der Waals surface area (Å²) in [6.45, 7) is 1.44. The van der Waals surface area contributed by atoms with Crippen molar-refractivity contribution in [2.75, 3.05) is 23.7 Å². The summed E-state index contributed by atoms with van der Waals surface area (Å²) >= 11 is 12.5. The van der Waals surface area contributed by atoms with Gasteiger partial charge in [-0.15, -0.1) is 0 Å². The zero-order valence-corrected chi connectivity index (χ0v) is 23.5. The molecule has 0 radical (unpaired) electrons. The summed E-state index contributed by atoms with van der Waals surface area (Å²) in [6.07, 6.45) is 1.07. The number of benzene rings is 4. The first-order chi connectivity index (χ1) is 18.5. The minimum atomic E-state index is -3.85. The Bertz CT molecular complexity index is 1500. The third-order valence-electron chi connectivity index (χ3n) is 7.20. The van der Waals surface area contributed by atoms with Crippen LogP contribution in [0.4, 0.5) is 14.5 Å². The van der Waals surface area contributed by atoms with Gasteiger partial charge in [0.2, 0.25) is 10.0 Å². The molecular weight excluding hydrogens is 561 g/mol. The van der Waals surface area contributed by atoms with Crippen molar-refractivity contribution in [3.63, 3.8) is 0 Å². The molecule has 39 heavy (non-hydrogen) atoms. The molecule has 9 heteroatoms. The number of quaternary nitrogens is 1. The molecule has 1 heterocycles. The Balaban J connectivity index is 1.62. The molecule has 0 bridgehead atoms. The quantitative estimate of drug-likeness (QED) is 0.204. The van der Waals surface area contributed by atoms with Crippen molar-refractivity contribution in [3.8, 4) is 0 Å². The number of likely N-dealkylation sites (tertiary alicyclic amines) is 1. The number of halogens is 4. The van der Waals surface area contributed by atoms with Crippen LogP contribution in [0.3, 0.4) is 0 Å². The van der Waals surface area contributed by atoms with Crippen molar-refractivity contribution in [2.45, 2.75) is 18.6 Å². The van der Waals surface area contributed by atoms with Crippen molar-refractivity contribution in [1.82, 2.24) is 0 Å². The monoisotopic (exact) mass is 587 g/mol. The van der Waals surface area contributed by atoms with Crippen LogP contribution in [0.5, 0.6) is 0 Å². The molecule has 202 valence electrons. The number of sulfonamides is 1. The molecule has 4 aromatic carbocycles. The molecule has 0 atom stereocenters. The standard InChI is InChI=1S/C30H27Cl2F2N2O2S/c1-39(37,38)35(28-16-26(33)15-27(34)17-28)29-19-36(20-29,18-21-5-3-2-4-6-21)30(22-7-11-24(31)12-8-22)23-9-13-25(32)14-10-23/h2-17,29-30H,18-20H2,1H3/q+1. The molecule has 4 aromatic rings. The highest BCUT2D eigenvalue weighted by Crippen LogP contribution is 2.45. The van der Waals surface area contributed by atoms with Crippen molar-refractivity contribution >= 4 is 38.9 Å². The van der Waals surface area contributed by atoms with Gasteiger partial charge >= 0.3 is 0 Å². The van der Waals surface area contributed by atoms with Gasteiger partial charge in [-0.2, -0.15) is 0 Å². The van der Waals surface area contributed by atoms with Gasteiger partial charge in [-0.3, -0.25) is 4.31 Å². The van der Waals surface area contributed by atoms with Gasteiger partial charge in [0.05, 0.1) is 11.9 Å². The lowest BCUT2D eigenvalue weighted by Gasteiger charge is -2.57. The predicted octanol–water partition coefficient (Wildman–Crippen LogP) is 7.23. The third-order valence-corrected chi connectivity index (χ3v) is 8.93. The summed E-state index contributed by atoms with van der Waals surface area (Å²) in [5, 5.41) is 1.22. The molecule has 0 aliphatic carbocycles. The summed E-state index contributed by atoms with van der Waals surface area (Å²) in [7, 11) is -3.85. The molecular formula is C30H27Cl2F2N2O2S+. The van der Waals surface area contributed by atoms with Crippen LogP contribution >= 0.6 is 23.2 Å². The second-order valence-electron chi connectivity index (χ2n) is 10.1. The van der Waals surface area contributed by atoms with Crippen LogP contribution in [0, 0.1) is 11.6 Å². The maximum atomic E-state index is 14.2. The fourth-order valence-corrected chi connectivity index (χ4v) is 7.18. The van der Waals surface area contributed by atoms with Crippen LogP contribution in [0.2, 0.25) is 10.0 Å². The van der Waals surface area contributed by atoms with E-state index in [1.165, 1.54) is 0 Å². The van der Waals surface area contributed by atoms with E-state index in [2.05, 4.69) is 0 Å². The van der Waals surface area contributed by atoms with Gasteiger partial charge in [-0.25, -0.2) is 17.2 Å². The molecule has 5 rings (SSSR count). The zero-order chi connectivity index (χ0) is 27.8. The fraction of sp³-hybridized carbons (Fsp3) is 0.200. The van der Waals surface area contributed by atoms with Crippen molar-refractivity contribution < 1.29 is 21.7 Å². The van der Waals surface area contributed by atoms with E-state index >= 15 is 0 Å². The first-order valence-corrected chi connectivity index (χ1v) is 15.0. The van der Waals surface area contributed by atoms with Gasteiger partial charge in [-0.1, -0.05) is 77.8 Å². The summed E-state index contributed by atoms with van der Waals surface area (Å²) in [5.74, 6) is -1.66. The van der Waals surface area contributed by atoms with Gasteiger partial charge in [0.25, 0.3) is 0 Å². The molecule has 1 aliphatic heterocycles. The van der Waals surface area contributed by atoms with Gasteiger partial charge in [-0.05, 0) is 36.4 Å². The van der Waals surface area contributed by atoms with Crippen LogP contribution in [0.15, 0.2) is 97.1 Å². The van der Waals surface area contributed by atoms with E-state index in [1.807, 2.05) is 78.9 Å². The largest absolute Gasteiger partial charge is 0.306 e. The van der Waals surface area contributed by atoms with Gasteiger partial charge in [0, 0.05) is 32.8 Å². The number of hydrogen-bond acceptors (Lipinski definition) is 2. The Morgan fingerprint density at radius 2 is 1.31 bits per heavy atom. The Hall–Kier alpha value is -2.97. The first kappa shape index (κ1) is 27.6. The van der Waals surface area contributed by atoms with Gasteiger partial charge in [0.15, 0.2) is 0 Å². The molecule has 0 spiro atoms. The molecule has 4 nitrogen and oxygen atoms in total. The van der Waals surface area contributed by atoms with Crippen LogP contribution < -0.4 is 4.31 Å². The van der Waals surface area contributed by atoms with Crippen molar-refractivity contribution in [2.24, 2.45) is 0 Å². The second kappa shape index (κ2) is 10.9. The highest BCUT2D eigenvalue weighted by molar-refractivity contribution is 7.92. The first-order valence-electron chi connectivity index (χ1n) is 12.4. The third kappa shape index (κ3) is 5.97. The number of nitrogens with zero attached hydrogens (tertiary/aromatic N) is 2. The molecule has 1 saturated heterocycles. The molecule has 0 unspecified atom stereocenters. The van der Waals surface area contributed by atoms with E-state index in [9.17, 15) is 17.2 Å². The lowest BCUT2D eigenvalue weighted by atomic mass is 9.87. The average Bonchev–Trinajstić information content (AvgIpc) is 2.85. The lowest BCUT2D eigenvalue weighted by molar-refractivity contribution is -0.999. The van der Waals surface area contributed by atoms with Crippen LogP contribution in [0.1, 0.15) is 22.7 Å². The number of rotatable bonds is 8. The molecule has 0 aromatic heterocycles. The SMILES string of the molecule is CS(=O)(=O)N(c1cc(F)cc(F)c1)C1C[N+](Cc2ccccc2)(C(c2ccc(Cl)cc2)c2ccc(Cl)cc2)C1. The Labute approximate surface area is 237 Å². The molecule has 1 fully saturated rings. The van der Waals surface area contributed by atoms with E-state index in [0.717, 1.165) is 45.5 Å². The van der Waals surface area contributed by atoms with Crippen LogP contribution in [-0.4, -0.2) is 38.3 Å². The number of hydrogen-bond donors (Lipinski definition) is 0. The maximum absolute atomic E-state index is 14.2. The normalized spacial score (nSPS) is 19.1. The zero-order valence-electron chi connectivity index (χ0n) is 21.1. The van der Waals surface area contributed by atoms with E-state index in [1.54, 1.807) is 0 Å². The van der Waals surface area contributed by atoms with Gasteiger partial charge < -0.3 is 4.48 Å². The predicted molar refractivity (Wildman–Crippen MR) is 152 cm³/mol. The van der Waals surface area contributed by atoms with E-state index in [0.29, 0.717) is 34.2 Å². The summed E-state index contributed by atoms with van der Waals surface area (Å²) in [4.78, 5) is 0. The van der Waals surface area contributed by atoms with Crippen molar-refractivity contribution in [1.29, 1.82) is 0 Å². The number of anilines is 1. The van der Waals surface area contributed by atoms with Gasteiger partial charge in [0.1, 0.15) is 43.4 Å². The summed E-state index contributed by atoms with van der Waals surface area (Å²) in [5.41, 5.74) is 3.09. The Morgan fingerprint density at radius 3 is 1.77 bits per heavy atom. The maximum Gasteiger partial charge on any atom is 0.232 e. The highest BCUT2D eigenvalue weighted by Gasteiger charge is 2.54. The molecule has 0 saturated carbocycles. The smallest absolute Gasteiger partial charge is 0.232 e. The van der Waals surface area contributed by atoms with Crippen molar-refractivity contribution in [3.05, 3.63) is 135 Å². The second-order valence-corrected chi connectivity index (χ2v) is 12.8. The Kier molecular flexibility index (Phi) is 7.71.